The molecule has 6 nitrogen and oxygen atoms in total. The number of nitrogens with one attached hydrogen (secondary N) is 1. The molecule has 1 unspecified atom stereocenters. The number of halogens is 1. The number of rotatable bonds is 7. The summed E-state index contributed by atoms with van der Waals surface area (Å²) in [6, 6.07) is 3.30. The predicted molar refractivity (Wildman–Crippen MR) is 89.9 cm³/mol. The van der Waals surface area contributed by atoms with Gasteiger partial charge < -0.3 is 15.2 Å². The Labute approximate surface area is 139 Å². The van der Waals surface area contributed by atoms with Gasteiger partial charge in [0.25, 0.3) is 0 Å². The summed E-state index contributed by atoms with van der Waals surface area (Å²) in [5, 5.41) is 12.8. The van der Waals surface area contributed by atoms with E-state index in [1.54, 1.807) is 25.3 Å². The topological polar surface area (TPSA) is 84.3 Å². The van der Waals surface area contributed by atoms with E-state index >= 15 is 0 Å². The van der Waals surface area contributed by atoms with Crippen molar-refractivity contribution in [1.29, 1.82) is 0 Å². The summed E-state index contributed by atoms with van der Waals surface area (Å²) in [6.45, 7) is 3.91. The van der Waals surface area contributed by atoms with Gasteiger partial charge in [0.2, 0.25) is 0 Å². The van der Waals surface area contributed by atoms with Crippen LogP contribution in [0.5, 0.6) is 0 Å². The quantitative estimate of drug-likeness (QED) is 0.596. The lowest BCUT2D eigenvalue weighted by Crippen LogP contribution is -2.25. The Hall–Kier alpha value is -1.92. The summed E-state index contributed by atoms with van der Waals surface area (Å²) >= 11 is 6.20. The zero-order chi connectivity index (χ0) is 16.8. The highest BCUT2D eigenvalue weighted by Crippen LogP contribution is 2.31. The first kappa shape index (κ1) is 17.4. The van der Waals surface area contributed by atoms with Gasteiger partial charge in [0.1, 0.15) is 16.2 Å². The van der Waals surface area contributed by atoms with Crippen molar-refractivity contribution >= 4 is 34.3 Å². The summed E-state index contributed by atoms with van der Waals surface area (Å²) in [5.74, 6) is -0.562. The molecule has 2 aromatic rings. The third-order valence-electron chi connectivity index (χ3n) is 3.38. The molecule has 0 saturated heterocycles. The Balaban J connectivity index is 2.60. The van der Waals surface area contributed by atoms with Gasteiger partial charge in [-0.2, -0.15) is 0 Å². The maximum atomic E-state index is 12.3. The minimum absolute atomic E-state index is 0.0552. The van der Waals surface area contributed by atoms with Crippen LogP contribution in [0.4, 0.5) is 5.69 Å². The predicted octanol–water partition coefficient (Wildman–Crippen LogP) is 3.03. The molecule has 0 fully saturated rings. The second kappa shape index (κ2) is 8.08. The second-order valence-corrected chi connectivity index (χ2v) is 5.41. The average Bonchev–Trinajstić information content (AvgIpc) is 2.54. The molecule has 2 N–H and O–H groups in total. The number of esters is 1. The van der Waals surface area contributed by atoms with Crippen LogP contribution in [-0.2, 0) is 4.74 Å². The summed E-state index contributed by atoms with van der Waals surface area (Å²) in [6.07, 6.45) is 3.25. The van der Waals surface area contributed by atoms with Gasteiger partial charge in [-0.3, -0.25) is 4.98 Å². The number of nitrogens with zero attached hydrogens (tertiary/aromatic N) is 2. The van der Waals surface area contributed by atoms with Crippen LogP contribution in [0, 0.1) is 0 Å². The largest absolute Gasteiger partial charge is 0.462 e. The fourth-order valence-corrected chi connectivity index (χ4v) is 2.62. The maximum Gasteiger partial charge on any atom is 0.343 e. The van der Waals surface area contributed by atoms with Crippen LogP contribution in [-0.4, -0.2) is 40.3 Å². The molecule has 2 aromatic heterocycles. The van der Waals surface area contributed by atoms with Crippen LogP contribution in [0.25, 0.3) is 11.0 Å². The number of aliphatic hydroxyl groups is 1. The second-order valence-electron chi connectivity index (χ2n) is 5.06. The van der Waals surface area contributed by atoms with E-state index in [0.717, 1.165) is 12.8 Å². The lowest BCUT2D eigenvalue weighted by atomic mass is 10.1. The van der Waals surface area contributed by atoms with Crippen LogP contribution in [0.1, 0.15) is 37.0 Å². The van der Waals surface area contributed by atoms with Crippen LogP contribution < -0.4 is 5.32 Å². The van der Waals surface area contributed by atoms with Crippen molar-refractivity contribution in [2.24, 2.45) is 0 Å². The Morgan fingerprint density at radius 2 is 2.26 bits per heavy atom. The number of carbonyl (C=O) groups is 1. The molecule has 0 amide bonds. The molecule has 0 saturated carbocycles. The fourth-order valence-electron chi connectivity index (χ4n) is 2.35. The van der Waals surface area contributed by atoms with Crippen molar-refractivity contribution in [1.82, 2.24) is 9.97 Å². The Bertz CT molecular complexity index is 694. The number of ether oxygens (including phenoxy) is 1. The minimum atomic E-state index is -0.562. The SMILES string of the molecule is CCCC(CO)Nc1c(C(=O)OCC)c(Cl)nc2cccnc12. The molecule has 2 rings (SSSR count). The van der Waals surface area contributed by atoms with Gasteiger partial charge in [0, 0.05) is 12.2 Å². The van der Waals surface area contributed by atoms with Gasteiger partial charge in [0.15, 0.2) is 0 Å². The van der Waals surface area contributed by atoms with Crippen molar-refractivity contribution in [2.45, 2.75) is 32.7 Å². The van der Waals surface area contributed by atoms with Gasteiger partial charge in [-0.05, 0) is 25.5 Å². The number of fused-ring (bicyclic) bond motifs is 1. The molecule has 0 radical (unpaired) electrons. The van der Waals surface area contributed by atoms with Crippen molar-refractivity contribution in [2.75, 3.05) is 18.5 Å². The van der Waals surface area contributed by atoms with Gasteiger partial charge in [-0.1, -0.05) is 24.9 Å². The molecule has 0 aromatic carbocycles. The first-order valence-electron chi connectivity index (χ1n) is 7.61. The van der Waals surface area contributed by atoms with E-state index in [-0.39, 0.29) is 30.0 Å². The summed E-state index contributed by atoms with van der Waals surface area (Å²) in [7, 11) is 0. The van der Waals surface area contributed by atoms with Crippen LogP contribution in [0.15, 0.2) is 18.3 Å². The number of hydrogen-bond acceptors (Lipinski definition) is 6. The Kier molecular flexibility index (Phi) is 6.12. The Morgan fingerprint density at radius 1 is 1.48 bits per heavy atom. The molecular formula is C16H20ClN3O3. The molecule has 2 heterocycles. The highest BCUT2D eigenvalue weighted by Gasteiger charge is 2.23. The third-order valence-corrected chi connectivity index (χ3v) is 3.66. The smallest absolute Gasteiger partial charge is 0.343 e. The van der Waals surface area contributed by atoms with Crippen molar-refractivity contribution in [3.8, 4) is 0 Å². The van der Waals surface area contributed by atoms with Crippen LogP contribution in [0.3, 0.4) is 0 Å². The number of pyridine rings is 2. The number of carbonyl (C=O) groups excluding carboxylic acids is 1. The summed E-state index contributed by atoms with van der Waals surface area (Å²) < 4.78 is 5.08. The van der Waals surface area contributed by atoms with Gasteiger partial charge in [0.05, 0.1) is 24.4 Å². The fraction of sp³-hybridized carbons (Fsp3) is 0.438. The first-order valence-corrected chi connectivity index (χ1v) is 7.98. The molecule has 124 valence electrons. The van der Waals surface area contributed by atoms with Crippen molar-refractivity contribution in [3.63, 3.8) is 0 Å². The molecule has 0 bridgehead atoms. The van der Waals surface area contributed by atoms with E-state index in [2.05, 4.69) is 15.3 Å². The highest BCUT2D eigenvalue weighted by molar-refractivity contribution is 6.34. The molecule has 0 aliphatic heterocycles. The number of aromatic nitrogens is 2. The lowest BCUT2D eigenvalue weighted by Gasteiger charge is -2.20. The van der Waals surface area contributed by atoms with Crippen molar-refractivity contribution < 1.29 is 14.6 Å². The molecule has 1 atom stereocenters. The molecule has 0 aliphatic rings. The van der Waals surface area contributed by atoms with E-state index in [1.165, 1.54) is 0 Å². The summed E-state index contributed by atoms with van der Waals surface area (Å²) in [5.41, 5.74) is 1.69. The monoisotopic (exact) mass is 337 g/mol. The highest BCUT2D eigenvalue weighted by atomic mass is 35.5. The molecule has 7 heteroatoms. The zero-order valence-electron chi connectivity index (χ0n) is 13.2. The normalized spacial score (nSPS) is 12.2. The standard InChI is InChI=1S/C16H20ClN3O3/c1-3-6-10(9-21)19-14-12(16(22)23-4-2)15(17)20-11-7-5-8-18-13(11)14/h5,7-8,10,21H,3-4,6,9H2,1-2H3,(H,19,20). The molecule has 0 aliphatic carbocycles. The molecular weight excluding hydrogens is 318 g/mol. The number of aliphatic hydroxyl groups excluding tert-OH is 1. The van der Waals surface area contributed by atoms with Gasteiger partial charge >= 0.3 is 5.97 Å². The number of hydrogen-bond donors (Lipinski definition) is 2. The maximum absolute atomic E-state index is 12.3. The van der Waals surface area contributed by atoms with Gasteiger partial charge in [-0.25, -0.2) is 9.78 Å². The van der Waals surface area contributed by atoms with Crippen molar-refractivity contribution in [3.05, 3.63) is 29.0 Å². The lowest BCUT2D eigenvalue weighted by molar-refractivity contribution is 0.0527. The average molecular weight is 338 g/mol. The minimum Gasteiger partial charge on any atom is -0.462 e. The summed E-state index contributed by atoms with van der Waals surface area (Å²) in [4.78, 5) is 20.8. The van der Waals surface area contributed by atoms with Crippen LogP contribution >= 0.6 is 11.6 Å². The van der Waals surface area contributed by atoms with E-state index in [0.29, 0.717) is 16.7 Å². The third kappa shape index (κ3) is 3.89. The van der Waals surface area contributed by atoms with E-state index < -0.39 is 5.97 Å². The first-order chi connectivity index (χ1) is 11.1. The molecule has 23 heavy (non-hydrogen) atoms. The zero-order valence-corrected chi connectivity index (χ0v) is 13.9. The van der Waals surface area contributed by atoms with E-state index in [4.69, 9.17) is 16.3 Å². The van der Waals surface area contributed by atoms with E-state index in [9.17, 15) is 9.90 Å². The molecule has 0 spiro atoms. The Morgan fingerprint density at radius 3 is 2.91 bits per heavy atom. The van der Waals surface area contributed by atoms with E-state index in [1.807, 2.05) is 6.92 Å². The van der Waals surface area contributed by atoms with Gasteiger partial charge in [-0.15, -0.1) is 0 Å². The number of anilines is 1. The van der Waals surface area contributed by atoms with Crippen LogP contribution in [0.2, 0.25) is 5.15 Å².